The molecule has 0 bridgehead atoms. The molecule has 0 rings (SSSR count). The number of halogens is 2. The van der Waals surface area contributed by atoms with Crippen molar-refractivity contribution in [3.8, 4) is 0 Å². The van der Waals surface area contributed by atoms with E-state index in [1.165, 1.54) is 223 Å². The van der Waals surface area contributed by atoms with Crippen molar-refractivity contribution in [1.82, 2.24) is 0 Å². The maximum atomic E-state index is 2.47. The van der Waals surface area contributed by atoms with Crippen LogP contribution in [0.15, 0.2) is 0 Å². The van der Waals surface area contributed by atoms with Crippen molar-refractivity contribution < 1.29 is 52.4 Å². The first-order valence-electron chi connectivity index (χ1n) is 18.9. The van der Waals surface area contributed by atoms with Crippen LogP contribution in [0.25, 0.3) is 0 Å². The molecular weight excluding hydrogens is 724 g/mol. The van der Waals surface area contributed by atoms with Gasteiger partial charge in [0.05, 0.1) is 27.2 Å². The summed E-state index contributed by atoms with van der Waals surface area (Å²) >= 11 is 0. The van der Waals surface area contributed by atoms with E-state index in [0.717, 1.165) is 0 Å². The molecule has 0 aliphatic rings. The van der Waals surface area contributed by atoms with Gasteiger partial charge in [0.1, 0.15) is 0 Å². The van der Waals surface area contributed by atoms with Gasteiger partial charge in [-0.05, 0) is 25.7 Å². The normalized spacial score (nSPS) is 11.4. The first kappa shape index (κ1) is 46.8. The second kappa shape index (κ2) is 39.4. The molecule has 0 N–H and O–H groups in total. The largest absolute Gasteiger partial charge is 1.00 e. The maximum Gasteiger partial charge on any atom is 0.0782 e. The molecule has 41 heavy (non-hydrogen) atoms. The fourth-order valence-corrected chi connectivity index (χ4v) is 6.29. The van der Waals surface area contributed by atoms with Gasteiger partial charge < -0.3 is 52.4 Å². The molecule has 0 aromatic carbocycles. The quantitative estimate of drug-likeness (QED) is 0.0358. The van der Waals surface area contributed by atoms with Gasteiger partial charge in [0.25, 0.3) is 0 Å². The van der Waals surface area contributed by atoms with Crippen molar-refractivity contribution >= 4 is 0 Å². The lowest BCUT2D eigenvalue weighted by Gasteiger charge is -2.30. The van der Waals surface area contributed by atoms with Gasteiger partial charge in [-0.3, -0.25) is 0 Å². The standard InChI is InChI=1S/C38H80N.2HI/c1-5-7-9-11-13-15-17-19-21-23-25-27-29-31-33-35-37-39(3,4)38-36-34-32-30-28-26-24-22-20-18-16-14-12-10-8-6-2;;/h5-38H2,1-4H3;2*1H/q+1;;/p-2. The molecule has 0 amide bonds. The highest BCUT2D eigenvalue weighted by Gasteiger charge is 2.13. The van der Waals surface area contributed by atoms with Crippen molar-refractivity contribution in [2.45, 2.75) is 219 Å². The summed E-state index contributed by atoms with van der Waals surface area (Å²) in [6.07, 6.45) is 46.9. The van der Waals surface area contributed by atoms with Gasteiger partial charge in [0.2, 0.25) is 0 Å². The van der Waals surface area contributed by atoms with E-state index >= 15 is 0 Å². The van der Waals surface area contributed by atoms with Crippen molar-refractivity contribution in [3.05, 3.63) is 0 Å². The first-order chi connectivity index (χ1) is 19.1. The Morgan fingerprint density at radius 2 is 0.390 bits per heavy atom. The minimum Gasteiger partial charge on any atom is -1.00 e. The highest BCUT2D eigenvalue weighted by molar-refractivity contribution is 4.52. The molecule has 0 saturated heterocycles. The average molecular weight is 805 g/mol. The lowest BCUT2D eigenvalue weighted by atomic mass is 10.0. The van der Waals surface area contributed by atoms with Gasteiger partial charge in [-0.2, -0.15) is 0 Å². The van der Waals surface area contributed by atoms with E-state index in [2.05, 4.69) is 27.9 Å². The Hall–Kier alpha value is 1.42. The predicted molar refractivity (Wildman–Crippen MR) is 181 cm³/mol. The zero-order chi connectivity index (χ0) is 28.5. The Kier molecular flexibility index (Phi) is 45.1. The lowest BCUT2D eigenvalue weighted by molar-refractivity contribution is -0.890. The lowest BCUT2D eigenvalue weighted by Crippen LogP contribution is -3.00. The third-order valence-electron chi connectivity index (χ3n) is 9.23. The van der Waals surface area contributed by atoms with E-state index in [4.69, 9.17) is 0 Å². The van der Waals surface area contributed by atoms with E-state index in [1.54, 1.807) is 0 Å². The van der Waals surface area contributed by atoms with Crippen molar-refractivity contribution in [1.29, 1.82) is 0 Å². The molecule has 0 unspecified atom stereocenters. The van der Waals surface area contributed by atoms with Gasteiger partial charge in [-0.1, -0.05) is 194 Å². The summed E-state index contributed by atoms with van der Waals surface area (Å²) in [7, 11) is 4.94. The van der Waals surface area contributed by atoms with Crippen LogP contribution in [0.2, 0.25) is 0 Å². The molecule has 0 aromatic rings. The number of quaternary nitrogens is 1. The molecule has 1 nitrogen and oxygen atoms in total. The van der Waals surface area contributed by atoms with E-state index in [0.29, 0.717) is 0 Å². The van der Waals surface area contributed by atoms with Crippen LogP contribution in [0.5, 0.6) is 0 Å². The summed E-state index contributed by atoms with van der Waals surface area (Å²) in [5.41, 5.74) is 0. The SMILES string of the molecule is CCCCCCCCCCCCCCCCCC[N+](C)(C)CCCCCCCCCCCCCCCCCC.[I-].[I-]. The fraction of sp³-hybridized carbons (Fsp3) is 1.00. The van der Waals surface area contributed by atoms with Crippen molar-refractivity contribution in [2.75, 3.05) is 27.2 Å². The van der Waals surface area contributed by atoms with E-state index in [-0.39, 0.29) is 48.0 Å². The molecule has 3 heteroatoms. The van der Waals surface area contributed by atoms with Crippen molar-refractivity contribution in [2.24, 2.45) is 0 Å². The monoisotopic (exact) mass is 804 g/mol. The number of rotatable bonds is 34. The maximum absolute atomic E-state index is 2.47. The highest BCUT2D eigenvalue weighted by atomic mass is 127. The van der Waals surface area contributed by atoms with Crippen LogP contribution in [0.4, 0.5) is 0 Å². The minimum absolute atomic E-state index is 0. The summed E-state index contributed by atoms with van der Waals surface area (Å²) in [5, 5.41) is 0. The van der Waals surface area contributed by atoms with Crippen LogP contribution < -0.4 is 48.0 Å². The Labute approximate surface area is 296 Å². The van der Waals surface area contributed by atoms with Crippen LogP contribution in [0, 0.1) is 0 Å². The molecule has 0 radical (unpaired) electrons. The van der Waals surface area contributed by atoms with E-state index in [9.17, 15) is 0 Å². The van der Waals surface area contributed by atoms with E-state index in [1.807, 2.05) is 0 Å². The minimum atomic E-state index is 0. The molecule has 0 atom stereocenters. The van der Waals surface area contributed by atoms with Gasteiger partial charge in [0, 0.05) is 0 Å². The molecule has 0 aliphatic carbocycles. The third-order valence-corrected chi connectivity index (χ3v) is 9.23. The van der Waals surface area contributed by atoms with Crippen LogP contribution in [0.3, 0.4) is 0 Å². The molecule has 0 aromatic heterocycles. The molecule has 0 fully saturated rings. The smallest absolute Gasteiger partial charge is 0.0782 e. The second-order valence-corrected chi connectivity index (χ2v) is 14.0. The number of hydrogen-bond donors (Lipinski definition) is 0. The molecule has 252 valence electrons. The Morgan fingerprint density at radius 1 is 0.244 bits per heavy atom. The van der Waals surface area contributed by atoms with Crippen LogP contribution in [-0.4, -0.2) is 31.7 Å². The summed E-state index contributed by atoms with van der Waals surface area (Å²) < 4.78 is 1.25. The van der Waals surface area contributed by atoms with Gasteiger partial charge in [-0.25, -0.2) is 0 Å². The third kappa shape index (κ3) is 41.4. The second-order valence-electron chi connectivity index (χ2n) is 14.0. The molecule has 0 saturated carbocycles. The highest BCUT2D eigenvalue weighted by Crippen LogP contribution is 2.16. The van der Waals surface area contributed by atoms with Crippen LogP contribution in [0.1, 0.15) is 219 Å². The average Bonchev–Trinajstić information content (AvgIpc) is 2.92. The topological polar surface area (TPSA) is 0 Å². The van der Waals surface area contributed by atoms with Gasteiger partial charge >= 0.3 is 0 Å². The van der Waals surface area contributed by atoms with Gasteiger partial charge in [0.15, 0.2) is 0 Å². The molecule has 0 heterocycles. The zero-order valence-corrected chi connectivity index (χ0v) is 33.6. The Balaban J connectivity index is -0.00000722. The van der Waals surface area contributed by atoms with Gasteiger partial charge in [-0.15, -0.1) is 0 Å². The predicted octanol–water partition coefficient (Wildman–Crippen LogP) is 7.59. The molecule has 0 aliphatic heterocycles. The van der Waals surface area contributed by atoms with Crippen LogP contribution in [-0.2, 0) is 0 Å². The zero-order valence-electron chi connectivity index (χ0n) is 29.2. The fourth-order valence-electron chi connectivity index (χ4n) is 6.29. The number of unbranched alkanes of at least 4 members (excludes halogenated alkanes) is 30. The van der Waals surface area contributed by atoms with E-state index < -0.39 is 0 Å². The Morgan fingerprint density at radius 3 is 0.561 bits per heavy atom. The number of nitrogens with zero attached hydrogens (tertiary/aromatic N) is 1. The Bertz CT molecular complexity index is 402. The summed E-state index contributed by atoms with van der Waals surface area (Å²) in [6, 6.07) is 0. The molecule has 0 spiro atoms. The summed E-state index contributed by atoms with van der Waals surface area (Å²) in [5.74, 6) is 0. The first-order valence-corrected chi connectivity index (χ1v) is 18.9. The molecular formula is C38H80I2N-. The summed E-state index contributed by atoms with van der Waals surface area (Å²) in [6.45, 7) is 7.39. The van der Waals surface area contributed by atoms with Crippen LogP contribution >= 0.6 is 0 Å². The number of hydrogen-bond acceptors (Lipinski definition) is 0. The summed E-state index contributed by atoms with van der Waals surface area (Å²) in [4.78, 5) is 0. The van der Waals surface area contributed by atoms with Crippen molar-refractivity contribution in [3.63, 3.8) is 0 Å².